The van der Waals surface area contributed by atoms with Crippen LogP contribution in [0.15, 0.2) is 53.7 Å². The van der Waals surface area contributed by atoms with Crippen molar-refractivity contribution in [3.8, 4) is 5.82 Å². The largest absolute Gasteiger partial charge is 0.368 e. The topological polar surface area (TPSA) is 61.6 Å². The number of hydrogen-bond donors (Lipinski definition) is 1. The number of hydrogen-bond acceptors (Lipinski definition) is 4. The minimum absolute atomic E-state index is 0. The van der Waals surface area contributed by atoms with Gasteiger partial charge < -0.3 is 15.1 Å². The molecule has 9 heteroatoms. The first kappa shape index (κ1) is 24.0. The number of nitrogens with one attached hydrogen (secondary N) is 1. The van der Waals surface area contributed by atoms with Gasteiger partial charge >= 0.3 is 0 Å². The predicted molar refractivity (Wildman–Crippen MR) is 137 cm³/mol. The Balaban J connectivity index is 0.00000289. The van der Waals surface area contributed by atoms with Crippen LogP contribution in [-0.4, -0.2) is 58.9 Å². The van der Waals surface area contributed by atoms with Crippen molar-refractivity contribution in [3.05, 3.63) is 71.4 Å². The predicted octanol–water partition coefficient (Wildman–Crippen LogP) is 3.54. The average molecular weight is 549 g/mol. The lowest BCUT2D eigenvalue weighted by molar-refractivity contribution is 0.372. The lowest BCUT2D eigenvalue weighted by Crippen LogP contribution is -2.52. The van der Waals surface area contributed by atoms with Gasteiger partial charge in [0.05, 0.1) is 5.69 Å². The first-order chi connectivity index (χ1) is 15.0. The van der Waals surface area contributed by atoms with Crippen LogP contribution in [0, 0.1) is 19.7 Å². The minimum atomic E-state index is -0.204. The molecule has 7 nitrogen and oxygen atoms in total. The Kier molecular flexibility index (Phi) is 8.05. The van der Waals surface area contributed by atoms with Gasteiger partial charge in [-0.05, 0) is 55.8 Å². The lowest BCUT2D eigenvalue weighted by Gasteiger charge is -2.37. The van der Waals surface area contributed by atoms with Crippen LogP contribution in [0.3, 0.4) is 0 Å². The maximum atomic E-state index is 13.2. The molecule has 3 aromatic rings. The summed E-state index contributed by atoms with van der Waals surface area (Å²) < 4.78 is 15.0. The molecule has 0 atom stereocenters. The van der Waals surface area contributed by atoms with E-state index in [2.05, 4.69) is 36.3 Å². The Morgan fingerprint density at radius 2 is 1.78 bits per heavy atom. The van der Waals surface area contributed by atoms with Gasteiger partial charge in [0.25, 0.3) is 0 Å². The summed E-state index contributed by atoms with van der Waals surface area (Å²) in [6.07, 6.45) is 1.87. The molecule has 3 heterocycles. The van der Waals surface area contributed by atoms with Crippen molar-refractivity contribution in [2.45, 2.75) is 20.4 Å². The number of piperazine rings is 1. The van der Waals surface area contributed by atoms with E-state index in [9.17, 15) is 4.39 Å². The number of halogens is 2. The molecule has 32 heavy (non-hydrogen) atoms. The molecule has 1 aliphatic heterocycles. The van der Waals surface area contributed by atoms with Crippen LogP contribution in [0.4, 0.5) is 10.1 Å². The number of guanidine groups is 1. The molecule has 0 spiro atoms. The van der Waals surface area contributed by atoms with Gasteiger partial charge in [-0.3, -0.25) is 4.99 Å². The number of rotatable bonds is 4. The first-order valence-corrected chi connectivity index (χ1v) is 10.5. The lowest BCUT2D eigenvalue weighted by atomic mass is 10.2. The third-order valence-electron chi connectivity index (χ3n) is 5.47. The quantitative estimate of drug-likeness (QED) is 0.307. The number of aromatic nitrogens is 3. The van der Waals surface area contributed by atoms with Gasteiger partial charge in [0.1, 0.15) is 5.82 Å². The normalized spacial score (nSPS) is 14.3. The summed E-state index contributed by atoms with van der Waals surface area (Å²) in [5.41, 5.74) is 4.18. The molecule has 1 N–H and O–H groups in total. The van der Waals surface area contributed by atoms with Gasteiger partial charge in [-0.15, -0.1) is 24.0 Å². The van der Waals surface area contributed by atoms with Crippen LogP contribution < -0.4 is 10.2 Å². The highest BCUT2D eigenvalue weighted by Crippen LogP contribution is 2.17. The summed E-state index contributed by atoms with van der Waals surface area (Å²) in [6.45, 7) is 8.09. The first-order valence-electron chi connectivity index (χ1n) is 10.5. The molecule has 0 saturated carbocycles. The van der Waals surface area contributed by atoms with Crippen molar-refractivity contribution < 1.29 is 4.39 Å². The Bertz CT molecular complexity index is 1040. The molecule has 0 bridgehead atoms. The van der Waals surface area contributed by atoms with Crippen molar-refractivity contribution in [1.29, 1.82) is 0 Å². The van der Waals surface area contributed by atoms with E-state index in [1.807, 2.05) is 49.0 Å². The third-order valence-corrected chi connectivity index (χ3v) is 5.47. The molecule has 1 fully saturated rings. The molecule has 1 aromatic carbocycles. The van der Waals surface area contributed by atoms with E-state index in [0.717, 1.165) is 60.6 Å². The molecule has 4 rings (SSSR count). The van der Waals surface area contributed by atoms with Crippen LogP contribution in [-0.2, 0) is 6.54 Å². The maximum Gasteiger partial charge on any atom is 0.194 e. The van der Waals surface area contributed by atoms with Crippen molar-refractivity contribution in [3.63, 3.8) is 0 Å². The average Bonchev–Trinajstić information content (AvgIpc) is 3.13. The summed E-state index contributed by atoms with van der Waals surface area (Å²) in [6, 6.07) is 12.8. The number of nitrogens with zero attached hydrogens (tertiary/aromatic N) is 6. The van der Waals surface area contributed by atoms with E-state index in [4.69, 9.17) is 0 Å². The van der Waals surface area contributed by atoms with Crippen LogP contribution in [0.5, 0.6) is 0 Å². The van der Waals surface area contributed by atoms with E-state index in [1.165, 1.54) is 12.1 Å². The molecule has 1 saturated heterocycles. The molecular formula is C23H29FIN7. The molecule has 1 aliphatic rings. The number of aryl methyl sites for hydroxylation is 2. The van der Waals surface area contributed by atoms with Gasteiger partial charge in [-0.1, -0.05) is 6.07 Å². The summed E-state index contributed by atoms with van der Waals surface area (Å²) in [5, 5.41) is 7.92. The Morgan fingerprint density at radius 3 is 2.34 bits per heavy atom. The van der Waals surface area contributed by atoms with Crippen LogP contribution in [0.2, 0.25) is 0 Å². The Hall–Kier alpha value is -2.69. The highest BCUT2D eigenvalue weighted by molar-refractivity contribution is 14.0. The van der Waals surface area contributed by atoms with Crippen LogP contribution >= 0.6 is 24.0 Å². The molecular weight excluding hydrogens is 520 g/mol. The number of benzene rings is 1. The van der Waals surface area contributed by atoms with Crippen LogP contribution in [0.25, 0.3) is 5.82 Å². The van der Waals surface area contributed by atoms with E-state index in [-0.39, 0.29) is 29.8 Å². The van der Waals surface area contributed by atoms with Gasteiger partial charge in [0, 0.05) is 57.3 Å². The van der Waals surface area contributed by atoms with E-state index >= 15 is 0 Å². The molecule has 0 amide bonds. The zero-order valence-corrected chi connectivity index (χ0v) is 21.0. The summed E-state index contributed by atoms with van der Waals surface area (Å²) in [7, 11) is 1.80. The second-order valence-electron chi connectivity index (χ2n) is 7.71. The number of aliphatic imine (C=N–C) groups is 1. The monoisotopic (exact) mass is 549 g/mol. The van der Waals surface area contributed by atoms with Crippen molar-refractivity contribution in [2.24, 2.45) is 4.99 Å². The minimum Gasteiger partial charge on any atom is -0.368 e. The fourth-order valence-corrected chi connectivity index (χ4v) is 3.85. The van der Waals surface area contributed by atoms with Gasteiger partial charge in [-0.2, -0.15) is 5.10 Å². The zero-order chi connectivity index (χ0) is 21.8. The molecule has 170 valence electrons. The van der Waals surface area contributed by atoms with Crippen molar-refractivity contribution >= 4 is 35.6 Å². The number of pyridine rings is 1. The highest BCUT2D eigenvalue weighted by Gasteiger charge is 2.20. The maximum absolute atomic E-state index is 13.2. The van der Waals surface area contributed by atoms with Crippen LogP contribution in [0.1, 0.15) is 17.0 Å². The smallest absolute Gasteiger partial charge is 0.194 e. The van der Waals surface area contributed by atoms with Gasteiger partial charge in [-0.25, -0.2) is 14.1 Å². The molecule has 0 aliphatic carbocycles. The fourth-order valence-electron chi connectivity index (χ4n) is 3.85. The molecule has 0 unspecified atom stereocenters. The van der Waals surface area contributed by atoms with Crippen molar-refractivity contribution in [2.75, 3.05) is 38.1 Å². The second kappa shape index (κ2) is 10.8. The zero-order valence-electron chi connectivity index (χ0n) is 18.6. The Labute approximate surface area is 205 Å². The second-order valence-corrected chi connectivity index (χ2v) is 7.71. The fraction of sp³-hybridized carbons (Fsp3) is 0.348. The summed E-state index contributed by atoms with van der Waals surface area (Å²) in [5.74, 6) is 1.49. The third kappa shape index (κ3) is 5.56. The number of anilines is 1. The highest BCUT2D eigenvalue weighted by atomic mass is 127. The summed E-state index contributed by atoms with van der Waals surface area (Å²) >= 11 is 0. The Morgan fingerprint density at radius 1 is 1.06 bits per heavy atom. The van der Waals surface area contributed by atoms with Crippen molar-refractivity contribution in [1.82, 2.24) is 25.0 Å². The SMILES string of the molecule is CN=C(NCc1ccc(-n2nc(C)cc2C)nc1)N1CCN(c2ccc(F)cc2)CC1.I. The standard InChI is InChI=1S/C23H28FN7.HI/c1-17-14-18(2)31(28-17)22-9-4-19(15-26-22)16-27-23(25-3)30-12-10-29(11-13-30)21-7-5-20(24)6-8-21;/h4-9,14-15H,10-13,16H2,1-3H3,(H,25,27);1H. The van der Waals surface area contributed by atoms with Gasteiger partial charge in [0.15, 0.2) is 11.8 Å². The molecule has 0 radical (unpaired) electrons. The van der Waals surface area contributed by atoms with E-state index in [0.29, 0.717) is 6.54 Å². The van der Waals surface area contributed by atoms with E-state index in [1.54, 1.807) is 7.05 Å². The summed E-state index contributed by atoms with van der Waals surface area (Å²) in [4.78, 5) is 13.5. The van der Waals surface area contributed by atoms with E-state index < -0.39 is 0 Å². The molecule has 2 aromatic heterocycles. The van der Waals surface area contributed by atoms with Gasteiger partial charge in [0.2, 0.25) is 0 Å².